The maximum Gasteiger partial charge on any atom is 0.240 e. The summed E-state index contributed by atoms with van der Waals surface area (Å²) in [5.74, 6) is 0.124. The van der Waals surface area contributed by atoms with Gasteiger partial charge in [-0.15, -0.1) is 11.6 Å². The summed E-state index contributed by atoms with van der Waals surface area (Å²) in [6, 6.07) is 0. The minimum atomic E-state index is -0.358. The fraction of sp³-hybridized carbons (Fsp3) is 0.917. The number of likely N-dealkylation sites (tertiary alicyclic amines) is 1. The number of nitrogens with zero attached hydrogens (tertiary/aromatic N) is 1. The highest BCUT2D eigenvalue weighted by atomic mass is 35.5. The van der Waals surface area contributed by atoms with Crippen LogP contribution in [-0.4, -0.2) is 29.3 Å². The predicted octanol–water partition coefficient (Wildman–Crippen LogP) is 2.80. The molecule has 1 amide bonds. The average Bonchev–Trinajstić information content (AvgIpc) is 2.62. The second kappa shape index (κ2) is 4.32. The maximum atomic E-state index is 11.8. The molecular formula is C12H20ClNO. The molecule has 15 heavy (non-hydrogen) atoms. The van der Waals surface area contributed by atoms with Crippen molar-refractivity contribution in [3.63, 3.8) is 0 Å². The molecule has 1 unspecified atom stereocenters. The van der Waals surface area contributed by atoms with E-state index >= 15 is 0 Å². The van der Waals surface area contributed by atoms with Crippen LogP contribution in [-0.2, 0) is 4.79 Å². The first kappa shape index (κ1) is 11.3. The van der Waals surface area contributed by atoms with E-state index in [1.165, 1.54) is 38.5 Å². The number of amides is 1. The van der Waals surface area contributed by atoms with Crippen LogP contribution in [0.2, 0.25) is 0 Å². The Morgan fingerprint density at radius 1 is 1.27 bits per heavy atom. The van der Waals surface area contributed by atoms with E-state index in [1.807, 2.05) is 4.90 Å². The molecule has 1 aliphatic carbocycles. The second-order valence-corrected chi connectivity index (χ2v) is 5.84. The molecule has 1 saturated heterocycles. The third kappa shape index (κ3) is 2.30. The highest BCUT2D eigenvalue weighted by Crippen LogP contribution is 2.43. The van der Waals surface area contributed by atoms with Crippen molar-refractivity contribution in [3.05, 3.63) is 0 Å². The van der Waals surface area contributed by atoms with Gasteiger partial charge < -0.3 is 4.90 Å². The summed E-state index contributed by atoms with van der Waals surface area (Å²) in [4.78, 5) is 13.7. The molecule has 2 fully saturated rings. The standard InChI is InChI=1S/C12H20ClNO/c1-10(13)11(15)14-8-7-12(9-14)5-3-2-4-6-12/h10H,2-9H2,1H3. The van der Waals surface area contributed by atoms with Crippen molar-refractivity contribution in [1.29, 1.82) is 0 Å². The van der Waals surface area contributed by atoms with Gasteiger partial charge in [0.25, 0.3) is 0 Å². The number of carbonyl (C=O) groups excluding carboxylic acids is 1. The maximum absolute atomic E-state index is 11.8. The van der Waals surface area contributed by atoms with E-state index in [-0.39, 0.29) is 11.3 Å². The molecule has 0 bridgehead atoms. The first-order valence-corrected chi connectivity index (χ1v) is 6.50. The fourth-order valence-corrected chi connectivity index (χ4v) is 3.22. The molecule has 1 atom stereocenters. The molecule has 3 heteroatoms. The predicted molar refractivity (Wildman–Crippen MR) is 62.0 cm³/mol. The van der Waals surface area contributed by atoms with E-state index in [0.717, 1.165) is 13.1 Å². The van der Waals surface area contributed by atoms with E-state index in [1.54, 1.807) is 6.92 Å². The van der Waals surface area contributed by atoms with Crippen molar-refractivity contribution in [2.24, 2.45) is 5.41 Å². The molecule has 2 aliphatic rings. The van der Waals surface area contributed by atoms with Crippen molar-refractivity contribution in [3.8, 4) is 0 Å². The summed E-state index contributed by atoms with van der Waals surface area (Å²) < 4.78 is 0. The van der Waals surface area contributed by atoms with Gasteiger partial charge in [0.05, 0.1) is 0 Å². The van der Waals surface area contributed by atoms with E-state index in [0.29, 0.717) is 5.41 Å². The molecule has 1 heterocycles. The molecule has 0 aromatic carbocycles. The number of carbonyl (C=O) groups is 1. The summed E-state index contributed by atoms with van der Waals surface area (Å²) in [7, 11) is 0. The quantitative estimate of drug-likeness (QED) is 0.634. The summed E-state index contributed by atoms with van der Waals surface area (Å²) in [6.07, 6.45) is 7.89. The van der Waals surface area contributed by atoms with E-state index in [4.69, 9.17) is 11.6 Å². The topological polar surface area (TPSA) is 20.3 Å². The van der Waals surface area contributed by atoms with Crippen molar-refractivity contribution < 1.29 is 4.79 Å². The first-order chi connectivity index (χ1) is 7.13. The zero-order chi connectivity index (χ0) is 10.9. The molecule has 2 nitrogen and oxygen atoms in total. The number of alkyl halides is 1. The van der Waals surface area contributed by atoms with Crippen LogP contribution < -0.4 is 0 Å². The Hall–Kier alpha value is -0.240. The number of hydrogen-bond acceptors (Lipinski definition) is 1. The average molecular weight is 230 g/mol. The largest absolute Gasteiger partial charge is 0.341 e. The second-order valence-electron chi connectivity index (χ2n) is 5.19. The summed E-state index contributed by atoms with van der Waals surface area (Å²) in [5, 5.41) is -0.358. The lowest BCUT2D eigenvalue weighted by Gasteiger charge is -2.33. The molecule has 0 aromatic rings. The van der Waals surface area contributed by atoms with Gasteiger partial charge in [-0.25, -0.2) is 0 Å². The minimum Gasteiger partial charge on any atom is -0.341 e. The lowest BCUT2D eigenvalue weighted by atomic mass is 9.73. The Bertz CT molecular complexity index is 246. The first-order valence-electron chi connectivity index (χ1n) is 6.06. The minimum absolute atomic E-state index is 0.124. The van der Waals surface area contributed by atoms with Crippen molar-refractivity contribution in [2.45, 2.75) is 50.8 Å². The highest BCUT2D eigenvalue weighted by Gasteiger charge is 2.40. The van der Waals surface area contributed by atoms with Gasteiger partial charge in [-0.05, 0) is 31.6 Å². The number of rotatable bonds is 1. The van der Waals surface area contributed by atoms with Gasteiger partial charge in [-0.3, -0.25) is 4.79 Å². The van der Waals surface area contributed by atoms with E-state index in [9.17, 15) is 4.79 Å². The van der Waals surface area contributed by atoms with Gasteiger partial charge in [-0.2, -0.15) is 0 Å². The Labute approximate surface area is 97.0 Å². The van der Waals surface area contributed by atoms with Gasteiger partial charge in [0.2, 0.25) is 5.91 Å². The molecule has 0 aromatic heterocycles. The molecule has 0 N–H and O–H groups in total. The highest BCUT2D eigenvalue weighted by molar-refractivity contribution is 6.30. The monoisotopic (exact) mass is 229 g/mol. The lowest BCUT2D eigenvalue weighted by Crippen LogP contribution is -2.36. The van der Waals surface area contributed by atoms with Crippen LogP contribution >= 0.6 is 11.6 Å². The van der Waals surface area contributed by atoms with Gasteiger partial charge in [-0.1, -0.05) is 19.3 Å². The van der Waals surface area contributed by atoms with Crippen LogP contribution in [0.15, 0.2) is 0 Å². The molecule has 2 rings (SSSR count). The van der Waals surface area contributed by atoms with Crippen LogP contribution in [0, 0.1) is 5.41 Å². The number of hydrogen-bond donors (Lipinski definition) is 0. The Morgan fingerprint density at radius 3 is 2.53 bits per heavy atom. The molecule has 1 aliphatic heterocycles. The van der Waals surface area contributed by atoms with E-state index in [2.05, 4.69) is 0 Å². The van der Waals surface area contributed by atoms with Crippen LogP contribution in [0.25, 0.3) is 0 Å². The number of halogens is 1. The SMILES string of the molecule is CC(Cl)C(=O)N1CCC2(CCCCC2)C1. The molecule has 1 spiro atoms. The van der Waals surface area contributed by atoms with Crippen molar-refractivity contribution in [1.82, 2.24) is 4.90 Å². The summed E-state index contributed by atoms with van der Waals surface area (Å²) in [6.45, 7) is 3.66. The summed E-state index contributed by atoms with van der Waals surface area (Å²) >= 11 is 5.84. The Balaban J connectivity index is 1.96. The van der Waals surface area contributed by atoms with Crippen molar-refractivity contribution in [2.75, 3.05) is 13.1 Å². The van der Waals surface area contributed by atoms with Crippen LogP contribution in [0.3, 0.4) is 0 Å². The Morgan fingerprint density at radius 2 is 1.93 bits per heavy atom. The fourth-order valence-electron chi connectivity index (χ4n) is 3.08. The van der Waals surface area contributed by atoms with Gasteiger partial charge in [0.15, 0.2) is 0 Å². The molecule has 1 saturated carbocycles. The normalized spacial score (nSPS) is 26.9. The lowest BCUT2D eigenvalue weighted by molar-refractivity contribution is -0.129. The van der Waals surface area contributed by atoms with Gasteiger partial charge in [0, 0.05) is 13.1 Å². The third-order valence-electron chi connectivity index (χ3n) is 4.00. The van der Waals surface area contributed by atoms with Crippen LogP contribution in [0.4, 0.5) is 0 Å². The molecule has 86 valence electrons. The van der Waals surface area contributed by atoms with Crippen LogP contribution in [0.1, 0.15) is 45.4 Å². The molecular weight excluding hydrogens is 210 g/mol. The van der Waals surface area contributed by atoms with Crippen molar-refractivity contribution >= 4 is 17.5 Å². The Kier molecular flexibility index (Phi) is 3.24. The zero-order valence-corrected chi connectivity index (χ0v) is 10.2. The third-order valence-corrected chi connectivity index (χ3v) is 4.19. The van der Waals surface area contributed by atoms with E-state index < -0.39 is 0 Å². The zero-order valence-electron chi connectivity index (χ0n) is 9.47. The van der Waals surface area contributed by atoms with Gasteiger partial charge in [0.1, 0.15) is 5.38 Å². The molecule has 0 radical (unpaired) electrons. The smallest absolute Gasteiger partial charge is 0.240 e. The van der Waals surface area contributed by atoms with Crippen LogP contribution in [0.5, 0.6) is 0 Å². The van der Waals surface area contributed by atoms with Gasteiger partial charge >= 0.3 is 0 Å². The summed E-state index contributed by atoms with van der Waals surface area (Å²) in [5.41, 5.74) is 0.458.